The topological polar surface area (TPSA) is 81.2 Å². The minimum absolute atomic E-state index is 0.157. The molecule has 154 valence electrons. The number of pyridine rings is 1. The summed E-state index contributed by atoms with van der Waals surface area (Å²) in [4.78, 5) is 9.31. The van der Waals surface area contributed by atoms with Gasteiger partial charge in [0.25, 0.3) is 10.0 Å². The Morgan fingerprint density at radius 2 is 1.86 bits per heavy atom. The predicted molar refractivity (Wildman–Crippen MR) is 103 cm³/mol. The number of hydrogen-bond acceptors (Lipinski definition) is 6. The largest absolute Gasteiger partial charge is 0.573 e. The second-order valence-electron chi connectivity index (χ2n) is 5.88. The van der Waals surface area contributed by atoms with E-state index in [1.165, 1.54) is 11.3 Å². The monoisotopic (exact) mass is 443 g/mol. The van der Waals surface area contributed by atoms with E-state index in [4.69, 9.17) is 0 Å². The fraction of sp³-hybridized carbons (Fsp3) is 0.222. The van der Waals surface area contributed by atoms with Crippen molar-refractivity contribution in [2.75, 3.05) is 4.72 Å². The lowest BCUT2D eigenvalue weighted by Gasteiger charge is -2.09. The number of nitrogens with zero attached hydrogens (tertiary/aromatic N) is 2. The average molecular weight is 443 g/mol. The van der Waals surface area contributed by atoms with Crippen LogP contribution in [0.2, 0.25) is 0 Å². The van der Waals surface area contributed by atoms with E-state index in [1.54, 1.807) is 18.3 Å². The van der Waals surface area contributed by atoms with Crippen LogP contribution in [-0.2, 0) is 16.4 Å². The first-order chi connectivity index (χ1) is 13.7. The molecule has 11 heteroatoms. The van der Waals surface area contributed by atoms with E-state index in [2.05, 4.69) is 19.4 Å². The van der Waals surface area contributed by atoms with Crippen molar-refractivity contribution >= 4 is 26.5 Å². The Hall–Kier alpha value is -2.66. The van der Waals surface area contributed by atoms with Crippen molar-refractivity contribution in [1.82, 2.24) is 9.97 Å². The highest BCUT2D eigenvalue weighted by atomic mass is 32.2. The molecule has 1 aromatic carbocycles. The lowest BCUT2D eigenvalue weighted by Crippen LogP contribution is -2.17. The van der Waals surface area contributed by atoms with Gasteiger partial charge in [-0.1, -0.05) is 19.4 Å². The molecule has 0 saturated heterocycles. The first-order valence-electron chi connectivity index (χ1n) is 8.47. The van der Waals surface area contributed by atoms with E-state index in [-0.39, 0.29) is 10.0 Å². The first kappa shape index (κ1) is 21.1. The number of nitrogens with one attached hydrogen (secondary N) is 1. The van der Waals surface area contributed by atoms with Gasteiger partial charge in [0.2, 0.25) is 0 Å². The Morgan fingerprint density at radius 3 is 2.45 bits per heavy atom. The molecule has 0 aliphatic carbocycles. The Kier molecular flexibility index (Phi) is 6.08. The van der Waals surface area contributed by atoms with Gasteiger partial charge in [-0.2, -0.15) is 0 Å². The number of halogens is 3. The molecule has 0 unspecified atom stereocenters. The molecule has 0 atom stereocenters. The molecule has 0 aliphatic rings. The third kappa shape index (κ3) is 5.45. The first-order valence-corrected chi connectivity index (χ1v) is 10.8. The van der Waals surface area contributed by atoms with Gasteiger partial charge in [-0.05, 0) is 42.8 Å². The highest BCUT2D eigenvalue weighted by molar-refractivity contribution is 7.93. The van der Waals surface area contributed by atoms with Crippen LogP contribution in [-0.4, -0.2) is 24.7 Å². The molecular weight excluding hydrogens is 427 g/mol. The summed E-state index contributed by atoms with van der Waals surface area (Å²) in [6, 6.07) is 9.30. The second kappa shape index (κ2) is 8.37. The number of alkyl halides is 3. The summed E-state index contributed by atoms with van der Waals surface area (Å²) in [6.45, 7) is 2.00. The number of sulfonamides is 1. The molecule has 0 saturated carbocycles. The van der Waals surface area contributed by atoms with E-state index in [0.717, 1.165) is 35.6 Å². The molecule has 3 aromatic rings. The van der Waals surface area contributed by atoms with E-state index in [0.29, 0.717) is 17.8 Å². The highest BCUT2D eigenvalue weighted by Gasteiger charge is 2.31. The van der Waals surface area contributed by atoms with Crippen LogP contribution in [0.25, 0.3) is 11.4 Å². The molecule has 6 nitrogen and oxygen atoms in total. The van der Waals surface area contributed by atoms with Crippen molar-refractivity contribution in [3.8, 4) is 17.1 Å². The maximum Gasteiger partial charge on any atom is 0.573 e. The SMILES string of the molecule is CCCc1sc(NS(=O)(=O)c2ccc(OC(F)(F)F)cc2)nc1-c1ccccn1. The molecule has 2 heterocycles. The second-order valence-corrected chi connectivity index (χ2v) is 8.65. The smallest absolute Gasteiger partial charge is 0.406 e. The van der Waals surface area contributed by atoms with Gasteiger partial charge in [-0.15, -0.1) is 24.5 Å². The fourth-order valence-corrected chi connectivity index (χ4v) is 4.80. The van der Waals surface area contributed by atoms with Crippen LogP contribution in [0, 0.1) is 0 Å². The molecular formula is C18H16F3N3O3S2. The van der Waals surface area contributed by atoms with E-state index < -0.39 is 22.1 Å². The molecule has 3 rings (SSSR count). The summed E-state index contributed by atoms with van der Waals surface area (Å²) in [7, 11) is -4.03. The lowest BCUT2D eigenvalue weighted by atomic mass is 10.2. The van der Waals surface area contributed by atoms with Gasteiger partial charge in [0.1, 0.15) is 11.4 Å². The summed E-state index contributed by atoms with van der Waals surface area (Å²) in [5.74, 6) is -0.506. The van der Waals surface area contributed by atoms with Gasteiger partial charge in [-0.3, -0.25) is 9.71 Å². The van der Waals surface area contributed by atoms with Gasteiger partial charge >= 0.3 is 6.36 Å². The van der Waals surface area contributed by atoms with Crippen LogP contribution < -0.4 is 9.46 Å². The van der Waals surface area contributed by atoms with Crippen molar-refractivity contribution in [2.45, 2.75) is 31.0 Å². The highest BCUT2D eigenvalue weighted by Crippen LogP contribution is 2.32. The van der Waals surface area contributed by atoms with E-state index >= 15 is 0 Å². The van der Waals surface area contributed by atoms with Crippen LogP contribution in [0.5, 0.6) is 5.75 Å². The lowest BCUT2D eigenvalue weighted by molar-refractivity contribution is -0.274. The molecule has 0 fully saturated rings. The van der Waals surface area contributed by atoms with E-state index in [9.17, 15) is 21.6 Å². The third-order valence-corrected chi connectivity index (χ3v) is 6.19. The number of rotatable bonds is 7. The maximum atomic E-state index is 12.6. The minimum atomic E-state index is -4.85. The van der Waals surface area contributed by atoms with E-state index in [1.807, 2.05) is 13.0 Å². The number of thiazole rings is 1. The van der Waals surface area contributed by atoms with Crippen molar-refractivity contribution in [3.63, 3.8) is 0 Å². The minimum Gasteiger partial charge on any atom is -0.406 e. The number of hydrogen-bond donors (Lipinski definition) is 1. The number of anilines is 1. The molecule has 0 radical (unpaired) electrons. The summed E-state index contributed by atoms with van der Waals surface area (Å²) >= 11 is 1.20. The van der Waals surface area contributed by atoms with Gasteiger partial charge in [-0.25, -0.2) is 13.4 Å². The predicted octanol–water partition coefficient (Wildman–Crippen LogP) is 4.86. The Morgan fingerprint density at radius 1 is 1.14 bits per heavy atom. The molecule has 0 aliphatic heterocycles. The van der Waals surface area contributed by atoms with Gasteiger partial charge < -0.3 is 4.74 Å². The summed E-state index contributed by atoms with van der Waals surface area (Å²) in [5.41, 5.74) is 1.23. The third-order valence-electron chi connectivity index (χ3n) is 3.67. The van der Waals surface area contributed by atoms with Crippen LogP contribution >= 0.6 is 11.3 Å². The molecule has 29 heavy (non-hydrogen) atoms. The summed E-state index contributed by atoms with van der Waals surface area (Å²) in [6.07, 6.45) is -1.68. The van der Waals surface area contributed by atoms with Crippen molar-refractivity contribution in [2.24, 2.45) is 0 Å². The van der Waals surface area contributed by atoms with Gasteiger partial charge in [0.15, 0.2) is 5.13 Å². The van der Waals surface area contributed by atoms with Crippen LogP contribution in [0.3, 0.4) is 0 Å². The number of benzene rings is 1. The Labute approximate surface area is 169 Å². The summed E-state index contributed by atoms with van der Waals surface area (Å²) in [5, 5.41) is 0.157. The standard InChI is InChI=1S/C18H16F3N3O3S2/c1-2-5-15-16(14-6-3-4-11-22-14)23-17(28-15)24-29(25,26)13-9-7-12(8-10-13)27-18(19,20)21/h3-4,6-11H,2,5H2,1H3,(H,23,24). The zero-order chi connectivity index (χ0) is 21.1. The quantitative estimate of drug-likeness (QED) is 0.564. The van der Waals surface area contributed by atoms with Crippen LogP contribution in [0.15, 0.2) is 53.6 Å². The fourth-order valence-electron chi connectivity index (χ4n) is 2.49. The molecule has 1 N–H and O–H groups in total. The normalized spacial score (nSPS) is 12.0. The van der Waals surface area contributed by atoms with Crippen molar-refractivity contribution in [3.05, 3.63) is 53.5 Å². The zero-order valence-electron chi connectivity index (χ0n) is 15.1. The van der Waals surface area contributed by atoms with Crippen LogP contribution in [0.1, 0.15) is 18.2 Å². The molecule has 2 aromatic heterocycles. The van der Waals surface area contributed by atoms with Gasteiger partial charge in [0.05, 0.1) is 10.6 Å². The zero-order valence-corrected chi connectivity index (χ0v) is 16.7. The average Bonchev–Trinajstić information content (AvgIpc) is 3.03. The Balaban J connectivity index is 1.85. The number of aryl methyl sites for hydroxylation is 1. The molecule has 0 spiro atoms. The van der Waals surface area contributed by atoms with Crippen molar-refractivity contribution < 1.29 is 26.3 Å². The van der Waals surface area contributed by atoms with Crippen molar-refractivity contribution in [1.29, 1.82) is 0 Å². The van der Waals surface area contributed by atoms with Gasteiger partial charge in [0, 0.05) is 11.1 Å². The molecule has 0 amide bonds. The summed E-state index contributed by atoms with van der Waals surface area (Å²) < 4.78 is 68.0. The maximum absolute atomic E-state index is 12.6. The number of aromatic nitrogens is 2. The molecule has 0 bridgehead atoms. The Bertz CT molecular complexity index is 1070. The number of ether oxygens (including phenoxy) is 1. The van der Waals surface area contributed by atoms with Crippen LogP contribution in [0.4, 0.5) is 18.3 Å².